The summed E-state index contributed by atoms with van der Waals surface area (Å²) in [6.07, 6.45) is 1.99. The highest BCUT2D eigenvalue weighted by Gasteiger charge is 2.17. The van der Waals surface area contributed by atoms with E-state index in [0.29, 0.717) is 5.56 Å². The number of hydrogen-bond donors (Lipinski definition) is 2. The number of rotatable bonds is 4. The van der Waals surface area contributed by atoms with Crippen molar-refractivity contribution in [1.29, 1.82) is 0 Å². The Morgan fingerprint density at radius 3 is 2.22 bits per heavy atom. The fourth-order valence-electron chi connectivity index (χ4n) is 2.34. The Kier molecular flexibility index (Phi) is 4.87. The van der Waals surface area contributed by atoms with Crippen molar-refractivity contribution < 1.29 is 10.2 Å². The van der Waals surface area contributed by atoms with Crippen molar-refractivity contribution in [2.24, 2.45) is 0 Å². The first-order chi connectivity index (χ1) is 8.72. The van der Waals surface area contributed by atoms with Gasteiger partial charge in [0.2, 0.25) is 0 Å². The molecule has 2 rings (SSSR count). The molecule has 0 saturated carbocycles. The minimum atomic E-state index is -0.910. The van der Waals surface area contributed by atoms with Crippen LogP contribution < -0.4 is 4.90 Å². The van der Waals surface area contributed by atoms with E-state index >= 15 is 0 Å². The highest BCUT2D eigenvalue weighted by Crippen LogP contribution is 2.24. The number of nitrogens with zero attached hydrogens (tertiary/aromatic N) is 1. The van der Waals surface area contributed by atoms with E-state index in [1.165, 1.54) is 24.9 Å². The zero-order valence-corrected chi connectivity index (χ0v) is 11.2. The van der Waals surface area contributed by atoms with E-state index in [-0.39, 0.29) is 5.88 Å². The number of aliphatic hydroxyl groups is 2. The lowest BCUT2D eigenvalue weighted by atomic mass is 10.0. The molecular weight excluding hydrogens is 250 g/mol. The number of benzene rings is 1. The first kappa shape index (κ1) is 13.7. The minimum Gasteiger partial charge on any atom is -0.389 e. The maximum absolute atomic E-state index is 9.84. The number of aliphatic hydroxyl groups excluding tert-OH is 2. The van der Waals surface area contributed by atoms with Crippen molar-refractivity contribution >= 4 is 17.3 Å². The number of hydrogen-bond acceptors (Lipinski definition) is 3. The molecule has 2 N–H and O–H groups in total. The van der Waals surface area contributed by atoms with Crippen LogP contribution in [-0.2, 0) is 0 Å². The molecule has 0 bridgehead atoms. The molecule has 2 unspecified atom stereocenters. The number of piperidine rings is 1. The summed E-state index contributed by atoms with van der Waals surface area (Å²) in [7, 11) is 0. The molecule has 0 radical (unpaired) electrons. The van der Waals surface area contributed by atoms with E-state index < -0.39 is 12.2 Å². The van der Waals surface area contributed by atoms with E-state index in [4.69, 9.17) is 11.6 Å². The summed E-state index contributed by atoms with van der Waals surface area (Å²) >= 11 is 5.53. The van der Waals surface area contributed by atoms with Crippen LogP contribution >= 0.6 is 11.6 Å². The molecule has 18 heavy (non-hydrogen) atoms. The fraction of sp³-hybridized carbons (Fsp3) is 0.571. The topological polar surface area (TPSA) is 43.7 Å². The Labute approximate surface area is 113 Å². The molecule has 3 nitrogen and oxygen atoms in total. The summed E-state index contributed by atoms with van der Waals surface area (Å²) in [6.45, 7) is 2.21. The van der Waals surface area contributed by atoms with Gasteiger partial charge >= 0.3 is 0 Å². The molecule has 4 heteroatoms. The Morgan fingerprint density at radius 1 is 1.06 bits per heavy atom. The van der Waals surface area contributed by atoms with Gasteiger partial charge in [-0.15, -0.1) is 11.6 Å². The number of alkyl halides is 1. The van der Waals surface area contributed by atoms with Crippen LogP contribution in [0.15, 0.2) is 24.3 Å². The van der Waals surface area contributed by atoms with Crippen molar-refractivity contribution in [3.8, 4) is 0 Å². The van der Waals surface area contributed by atoms with Gasteiger partial charge in [0.05, 0.1) is 12.0 Å². The van der Waals surface area contributed by atoms with Crippen molar-refractivity contribution in [2.75, 3.05) is 23.9 Å². The Balaban J connectivity index is 2.04. The van der Waals surface area contributed by atoms with Crippen molar-refractivity contribution in [1.82, 2.24) is 0 Å². The van der Waals surface area contributed by atoms with Gasteiger partial charge in [-0.1, -0.05) is 12.1 Å². The normalized spacial score (nSPS) is 19.6. The van der Waals surface area contributed by atoms with Crippen LogP contribution in [0.1, 0.15) is 30.9 Å². The first-order valence-corrected chi connectivity index (χ1v) is 7.03. The molecule has 0 aromatic heterocycles. The lowest BCUT2D eigenvalue weighted by molar-refractivity contribution is 0.0327. The molecule has 0 amide bonds. The Morgan fingerprint density at radius 2 is 1.67 bits per heavy atom. The summed E-state index contributed by atoms with van der Waals surface area (Å²) in [5.41, 5.74) is 1.90. The average molecular weight is 270 g/mol. The van der Waals surface area contributed by atoms with Crippen LogP contribution in [0.3, 0.4) is 0 Å². The molecule has 1 heterocycles. The Hall–Kier alpha value is -0.770. The van der Waals surface area contributed by atoms with Gasteiger partial charge in [0, 0.05) is 18.8 Å². The van der Waals surface area contributed by atoms with Crippen molar-refractivity contribution in [3.05, 3.63) is 29.8 Å². The standard InChI is InChI=1S/C14H20ClNO2/c15-10-13(17)14(18)11-4-6-12(7-5-11)16-8-2-1-3-9-16/h4-7,13-14,17-18H,1-3,8-10H2. The fourth-order valence-corrected chi connectivity index (χ4v) is 2.51. The van der Waals surface area contributed by atoms with Gasteiger partial charge in [0.1, 0.15) is 6.10 Å². The molecule has 1 aromatic carbocycles. The molecule has 1 aliphatic heterocycles. The smallest absolute Gasteiger partial charge is 0.106 e. The van der Waals surface area contributed by atoms with Crippen LogP contribution in [0.4, 0.5) is 5.69 Å². The van der Waals surface area contributed by atoms with E-state index in [0.717, 1.165) is 13.1 Å². The molecule has 100 valence electrons. The van der Waals surface area contributed by atoms with E-state index in [2.05, 4.69) is 4.90 Å². The van der Waals surface area contributed by atoms with Gasteiger partial charge in [0.25, 0.3) is 0 Å². The molecule has 1 fully saturated rings. The van der Waals surface area contributed by atoms with E-state index in [9.17, 15) is 10.2 Å². The molecule has 1 saturated heterocycles. The van der Waals surface area contributed by atoms with Crippen LogP contribution in [0.5, 0.6) is 0 Å². The summed E-state index contributed by atoms with van der Waals surface area (Å²) < 4.78 is 0. The third-order valence-corrected chi connectivity index (χ3v) is 3.79. The van der Waals surface area contributed by atoms with Crippen molar-refractivity contribution in [2.45, 2.75) is 31.5 Å². The second-order valence-corrected chi connectivity index (χ2v) is 5.11. The van der Waals surface area contributed by atoms with Gasteiger partial charge in [-0.25, -0.2) is 0 Å². The van der Waals surface area contributed by atoms with Gasteiger partial charge in [-0.2, -0.15) is 0 Å². The van der Waals surface area contributed by atoms with Crippen LogP contribution in [0.2, 0.25) is 0 Å². The van der Waals surface area contributed by atoms with Gasteiger partial charge < -0.3 is 15.1 Å². The van der Waals surface area contributed by atoms with Gasteiger partial charge in [-0.05, 0) is 37.0 Å². The maximum atomic E-state index is 9.84. The van der Waals surface area contributed by atoms with Crippen molar-refractivity contribution in [3.63, 3.8) is 0 Å². The summed E-state index contributed by atoms with van der Waals surface area (Å²) in [4.78, 5) is 2.36. The summed E-state index contributed by atoms with van der Waals surface area (Å²) in [6, 6.07) is 7.74. The average Bonchev–Trinajstić information content (AvgIpc) is 2.47. The zero-order chi connectivity index (χ0) is 13.0. The SMILES string of the molecule is OC(CCl)C(O)c1ccc(N2CCCCC2)cc1. The first-order valence-electron chi connectivity index (χ1n) is 6.49. The largest absolute Gasteiger partial charge is 0.389 e. The highest BCUT2D eigenvalue weighted by molar-refractivity contribution is 6.18. The van der Waals surface area contributed by atoms with E-state index in [1.54, 1.807) is 0 Å². The van der Waals surface area contributed by atoms with Gasteiger partial charge in [0.15, 0.2) is 0 Å². The quantitative estimate of drug-likeness (QED) is 0.825. The molecular formula is C14H20ClNO2. The molecule has 1 aliphatic rings. The highest BCUT2D eigenvalue weighted by atomic mass is 35.5. The molecule has 0 spiro atoms. The molecule has 2 atom stereocenters. The molecule has 0 aliphatic carbocycles. The molecule has 1 aromatic rings. The second kappa shape index (κ2) is 6.41. The second-order valence-electron chi connectivity index (χ2n) is 4.81. The lowest BCUT2D eigenvalue weighted by Gasteiger charge is -2.29. The third-order valence-electron chi connectivity index (χ3n) is 3.48. The predicted molar refractivity (Wildman–Crippen MR) is 74.2 cm³/mol. The van der Waals surface area contributed by atoms with Crippen LogP contribution in [0.25, 0.3) is 0 Å². The third kappa shape index (κ3) is 3.16. The number of halogens is 1. The minimum absolute atomic E-state index is 0.0367. The summed E-state index contributed by atoms with van der Waals surface area (Å²) in [5, 5.41) is 19.3. The monoisotopic (exact) mass is 269 g/mol. The zero-order valence-electron chi connectivity index (χ0n) is 10.4. The number of anilines is 1. The van der Waals surface area contributed by atoms with Crippen LogP contribution in [-0.4, -0.2) is 35.3 Å². The lowest BCUT2D eigenvalue weighted by Crippen LogP contribution is -2.29. The Bertz CT molecular complexity index is 342. The maximum Gasteiger partial charge on any atom is 0.106 e. The van der Waals surface area contributed by atoms with E-state index in [1.807, 2.05) is 24.3 Å². The summed E-state index contributed by atoms with van der Waals surface area (Å²) in [5.74, 6) is 0.0367. The predicted octanol–water partition coefficient (Wildman–Crippen LogP) is 2.31. The van der Waals surface area contributed by atoms with Crippen LogP contribution in [0, 0.1) is 0 Å². The van der Waals surface area contributed by atoms with Gasteiger partial charge in [-0.3, -0.25) is 0 Å².